The van der Waals surface area contributed by atoms with Crippen molar-refractivity contribution in [3.05, 3.63) is 0 Å². The molecule has 0 aliphatic carbocycles. The molecule has 1 atom stereocenters. The van der Waals surface area contributed by atoms with E-state index in [1.54, 1.807) is 14.2 Å². The van der Waals surface area contributed by atoms with Gasteiger partial charge < -0.3 is 15.2 Å². The summed E-state index contributed by atoms with van der Waals surface area (Å²) in [5, 5.41) is 0. The van der Waals surface area contributed by atoms with E-state index < -0.39 is 0 Å². The maximum atomic E-state index is 5.64. The second-order valence-electron chi connectivity index (χ2n) is 3.46. The lowest BCUT2D eigenvalue weighted by Gasteiger charge is -2.27. The minimum atomic E-state index is 0.419. The van der Waals surface area contributed by atoms with Crippen molar-refractivity contribution in [3.8, 4) is 0 Å². The minimum absolute atomic E-state index is 0.419. The van der Waals surface area contributed by atoms with E-state index >= 15 is 0 Å². The van der Waals surface area contributed by atoms with Crippen LogP contribution in [-0.4, -0.2) is 58.0 Å². The molecule has 14 heavy (non-hydrogen) atoms. The first kappa shape index (κ1) is 13.8. The number of rotatable bonds is 9. The molecule has 0 saturated heterocycles. The quantitative estimate of drug-likeness (QED) is 0.549. The molecule has 0 aliphatic rings. The van der Waals surface area contributed by atoms with Crippen molar-refractivity contribution in [3.63, 3.8) is 0 Å². The molecule has 0 heterocycles. The molecule has 0 aromatic carbocycles. The third-order valence-corrected chi connectivity index (χ3v) is 2.34. The normalized spacial score (nSPS) is 13.5. The average Bonchev–Trinajstić information content (AvgIpc) is 2.22. The van der Waals surface area contributed by atoms with E-state index in [0.717, 1.165) is 32.7 Å². The Hall–Kier alpha value is -0.160. The van der Waals surface area contributed by atoms with Gasteiger partial charge in [0, 0.05) is 46.5 Å². The fourth-order valence-electron chi connectivity index (χ4n) is 1.32. The molecule has 4 nitrogen and oxygen atoms in total. The molecule has 0 aromatic heterocycles. The van der Waals surface area contributed by atoms with Crippen LogP contribution in [0.5, 0.6) is 0 Å². The Kier molecular flexibility index (Phi) is 9.29. The SMILES string of the molecule is COCCCN(CCOC)C(C)CN. The van der Waals surface area contributed by atoms with Crippen LogP contribution >= 0.6 is 0 Å². The summed E-state index contributed by atoms with van der Waals surface area (Å²) in [6.07, 6.45) is 1.05. The molecule has 0 bridgehead atoms. The van der Waals surface area contributed by atoms with Gasteiger partial charge in [-0.25, -0.2) is 0 Å². The Labute approximate surface area is 87.4 Å². The highest BCUT2D eigenvalue weighted by Gasteiger charge is 2.10. The maximum absolute atomic E-state index is 5.64. The Bertz CT molecular complexity index is 123. The highest BCUT2D eigenvalue weighted by Crippen LogP contribution is 1.99. The molecular weight excluding hydrogens is 180 g/mol. The van der Waals surface area contributed by atoms with Crippen molar-refractivity contribution in [2.45, 2.75) is 19.4 Å². The number of methoxy groups -OCH3 is 2. The summed E-state index contributed by atoms with van der Waals surface area (Å²) in [6, 6.07) is 0.419. The third-order valence-electron chi connectivity index (χ3n) is 2.34. The fourth-order valence-corrected chi connectivity index (χ4v) is 1.32. The molecule has 1 unspecified atom stereocenters. The van der Waals surface area contributed by atoms with Gasteiger partial charge in [-0.2, -0.15) is 0 Å². The van der Waals surface area contributed by atoms with E-state index in [1.165, 1.54) is 0 Å². The van der Waals surface area contributed by atoms with E-state index in [2.05, 4.69) is 11.8 Å². The van der Waals surface area contributed by atoms with Crippen molar-refractivity contribution >= 4 is 0 Å². The number of nitrogens with zero attached hydrogens (tertiary/aromatic N) is 1. The average molecular weight is 204 g/mol. The van der Waals surface area contributed by atoms with E-state index in [-0.39, 0.29) is 0 Å². The monoisotopic (exact) mass is 204 g/mol. The van der Waals surface area contributed by atoms with Gasteiger partial charge in [0.2, 0.25) is 0 Å². The van der Waals surface area contributed by atoms with Gasteiger partial charge >= 0.3 is 0 Å². The van der Waals surface area contributed by atoms with Gasteiger partial charge in [0.05, 0.1) is 6.61 Å². The summed E-state index contributed by atoms with van der Waals surface area (Å²) in [4.78, 5) is 2.34. The van der Waals surface area contributed by atoms with E-state index in [1.807, 2.05) is 0 Å². The van der Waals surface area contributed by atoms with Crippen LogP contribution in [0.25, 0.3) is 0 Å². The Morgan fingerprint density at radius 1 is 1.14 bits per heavy atom. The fraction of sp³-hybridized carbons (Fsp3) is 1.00. The van der Waals surface area contributed by atoms with Crippen LogP contribution < -0.4 is 5.73 Å². The topological polar surface area (TPSA) is 47.7 Å². The minimum Gasteiger partial charge on any atom is -0.385 e. The lowest BCUT2D eigenvalue weighted by molar-refractivity contribution is 0.113. The Balaban J connectivity index is 3.72. The van der Waals surface area contributed by atoms with Gasteiger partial charge in [0.1, 0.15) is 0 Å². The second kappa shape index (κ2) is 9.40. The van der Waals surface area contributed by atoms with Gasteiger partial charge in [0.15, 0.2) is 0 Å². The predicted molar refractivity (Wildman–Crippen MR) is 58.5 cm³/mol. The predicted octanol–water partition coefficient (Wildman–Crippen LogP) is 0.319. The molecule has 0 rings (SSSR count). The number of nitrogens with two attached hydrogens (primary N) is 1. The van der Waals surface area contributed by atoms with Crippen LogP contribution in [0.1, 0.15) is 13.3 Å². The van der Waals surface area contributed by atoms with Gasteiger partial charge in [-0.1, -0.05) is 0 Å². The van der Waals surface area contributed by atoms with E-state index in [4.69, 9.17) is 15.2 Å². The van der Waals surface area contributed by atoms with Crippen LogP contribution in [0.3, 0.4) is 0 Å². The highest BCUT2D eigenvalue weighted by molar-refractivity contribution is 4.67. The first-order valence-electron chi connectivity index (χ1n) is 5.18. The van der Waals surface area contributed by atoms with Crippen molar-refractivity contribution in [1.29, 1.82) is 0 Å². The lowest BCUT2D eigenvalue weighted by Crippen LogP contribution is -2.41. The zero-order valence-corrected chi connectivity index (χ0v) is 9.66. The van der Waals surface area contributed by atoms with E-state index in [9.17, 15) is 0 Å². The van der Waals surface area contributed by atoms with Crippen LogP contribution in [0.2, 0.25) is 0 Å². The standard InChI is InChI=1S/C10H24N2O2/c1-10(9-11)12(6-8-14-3)5-4-7-13-2/h10H,4-9,11H2,1-3H3. The summed E-state index contributed by atoms with van der Waals surface area (Å²) in [5.74, 6) is 0. The van der Waals surface area contributed by atoms with E-state index in [0.29, 0.717) is 12.6 Å². The zero-order chi connectivity index (χ0) is 10.8. The Morgan fingerprint density at radius 3 is 2.29 bits per heavy atom. The number of ether oxygens (including phenoxy) is 2. The summed E-state index contributed by atoms with van der Waals surface area (Å²) in [6.45, 7) is 6.37. The van der Waals surface area contributed by atoms with Crippen LogP contribution in [0.4, 0.5) is 0 Å². The van der Waals surface area contributed by atoms with Crippen molar-refractivity contribution in [2.75, 3.05) is 47.1 Å². The number of hydrogen-bond donors (Lipinski definition) is 1. The molecule has 4 heteroatoms. The molecular formula is C10H24N2O2. The zero-order valence-electron chi connectivity index (χ0n) is 9.66. The molecule has 0 aromatic rings. The molecule has 0 radical (unpaired) electrons. The summed E-state index contributed by atoms with van der Waals surface area (Å²) in [5.41, 5.74) is 5.64. The molecule has 0 aliphatic heterocycles. The van der Waals surface area contributed by atoms with Gasteiger partial charge in [0.25, 0.3) is 0 Å². The summed E-state index contributed by atoms with van der Waals surface area (Å²) < 4.78 is 10.1. The molecule has 0 fully saturated rings. The second-order valence-corrected chi connectivity index (χ2v) is 3.46. The third kappa shape index (κ3) is 6.32. The van der Waals surface area contributed by atoms with Crippen molar-refractivity contribution < 1.29 is 9.47 Å². The maximum Gasteiger partial charge on any atom is 0.0589 e. The van der Waals surface area contributed by atoms with Gasteiger partial charge in [-0.05, 0) is 13.3 Å². The first-order chi connectivity index (χ1) is 6.76. The number of hydrogen-bond acceptors (Lipinski definition) is 4. The van der Waals surface area contributed by atoms with Crippen molar-refractivity contribution in [2.24, 2.45) is 5.73 Å². The molecule has 86 valence electrons. The van der Waals surface area contributed by atoms with Gasteiger partial charge in [-0.15, -0.1) is 0 Å². The molecule has 0 spiro atoms. The first-order valence-corrected chi connectivity index (χ1v) is 5.18. The molecule has 0 saturated carbocycles. The lowest BCUT2D eigenvalue weighted by atomic mass is 10.2. The van der Waals surface area contributed by atoms with Crippen LogP contribution in [0.15, 0.2) is 0 Å². The molecule has 0 amide bonds. The Morgan fingerprint density at radius 2 is 1.79 bits per heavy atom. The van der Waals surface area contributed by atoms with Crippen LogP contribution in [0, 0.1) is 0 Å². The summed E-state index contributed by atoms with van der Waals surface area (Å²) in [7, 11) is 3.45. The largest absolute Gasteiger partial charge is 0.385 e. The molecule has 2 N–H and O–H groups in total. The highest BCUT2D eigenvalue weighted by atomic mass is 16.5. The smallest absolute Gasteiger partial charge is 0.0589 e. The van der Waals surface area contributed by atoms with Crippen molar-refractivity contribution in [1.82, 2.24) is 4.90 Å². The summed E-state index contributed by atoms with van der Waals surface area (Å²) >= 11 is 0. The van der Waals surface area contributed by atoms with Crippen LogP contribution in [-0.2, 0) is 9.47 Å². The van der Waals surface area contributed by atoms with Gasteiger partial charge in [-0.3, -0.25) is 4.90 Å².